The van der Waals surface area contributed by atoms with Gasteiger partial charge in [0.15, 0.2) is 0 Å². The van der Waals surface area contributed by atoms with Crippen molar-refractivity contribution in [2.75, 3.05) is 33.2 Å². The van der Waals surface area contributed by atoms with Gasteiger partial charge in [-0.05, 0) is 40.3 Å². The van der Waals surface area contributed by atoms with Crippen molar-refractivity contribution in [2.45, 2.75) is 32.8 Å². The van der Waals surface area contributed by atoms with Crippen LogP contribution < -0.4 is 0 Å². The van der Waals surface area contributed by atoms with Crippen LogP contribution in [0.25, 0.3) is 0 Å². The lowest BCUT2D eigenvalue weighted by Crippen LogP contribution is -2.37. The summed E-state index contributed by atoms with van der Waals surface area (Å²) in [7, 11) is 1.60. The Labute approximate surface area is 115 Å². The molecule has 1 aliphatic heterocycles. The molecule has 0 aromatic carbocycles. The monoisotopic (exact) mass is 268 g/mol. The molecule has 1 saturated heterocycles. The van der Waals surface area contributed by atoms with E-state index < -0.39 is 5.60 Å². The standard InChI is InChI=1S/C14H24N2O3/c1-14(2,3)19-13(18)11-15(4)12(17)7-5-8-16-9-6-10-16/h5,7H,6,8-11H2,1-4H3/b7-5+. The van der Waals surface area contributed by atoms with Gasteiger partial charge < -0.3 is 9.64 Å². The number of hydrogen-bond donors (Lipinski definition) is 0. The number of likely N-dealkylation sites (tertiary alicyclic amines) is 1. The molecule has 0 spiro atoms. The lowest BCUT2D eigenvalue weighted by atomic mass is 10.2. The molecular formula is C14H24N2O3. The van der Waals surface area contributed by atoms with E-state index in [0.29, 0.717) is 0 Å². The van der Waals surface area contributed by atoms with Gasteiger partial charge in [0.05, 0.1) is 0 Å². The normalized spacial score (nSPS) is 16.2. The smallest absolute Gasteiger partial charge is 0.326 e. The van der Waals surface area contributed by atoms with Crippen molar-refractivity contribution in [3.8, 4) is 0 Å². The quantitative estimate of drug-likeness (QED) is 0.552. The van der Waals surface area contributed by atoms with Crippen molar-refractivity contribution >= 4 is 11.9 Å². The second-order valence-electron chi connectivity index (χ2n) is 5.84. The number of ether oxygens (including phenoxy) is 1. The molecule has 1 heterocycles. The van der Waals surface area contributed by atoms with Crippen molar-refractivity contribution in [2.24, 2.45) is 0 Å². The molecule has 0 aromatic heterocycles. The fraction of sp³-hybridized carbons (Fsp3) is 0.714. The molecule has 5 nitrogen and oxygen atoms in total. The van der Waals surface area contributed by atoms with Gasteiger partial charge in [-0.25, -0.2) is 0 Å². The van der Waals surface area contributed by atoms with E-state index >= 15 is 0 Å². The number of carbonyl (C=O) groups excluding carboxylic acids is 2. The van der Waals surface area contributed by atoms with E-state index in [1.165, 1.54) is 17.4 Å². The maximum atomic E-state index is 11.7. The van der Waals surface area contributed by atoms with Crippen LogP contribution in [-0.2, 0) is 14.3 Å². The molecule has 0 aliphatic carbocycles. The van der Waals surface area contributed by atoms with E-state index in [4.69, 9.17) is 4.74 Å². The summed E-state index contributed by atoms with van der Waals surface area (Å²) in [4.78, 5) is 26.9. The van der Waals surface area contributed by atoms with Gasteiger partial charge in [0.1, 0.15) is 12.1 Å². The largest absolute Gasteiger partial charge is 0.459 e. The highest BCUT2D eigenvalue weighted by Gasteiger charge is 2.19. The van der Waals surface area contributed by atoms with E-state index in [9.17, 15) is 9.59 Å². The van der Waals surface area contributed by atoms with Gasteiger partial charge in [0, 0.05) is 19.7 Å². The van der Waals surface area contributed by atoms with Gasteiger partial charge >= 0.3 is 5.97 Å². The molecule has 5 heteroatoms. The zero-order valence-electron chi connectivity index (χ0n) is 12.3. The van der Waals surface area contributed by atoms with Gasteiger partial charge in [-0.15, -0.1) is 0 Å². The highest BCUT2D eigenvalue weighted by molar-refractivity contribution is 5.90. The summed E-state index contributed by atoms with van der Waals surface area (Å²) in [5, 5.41) is 0. The Morgan fingerprint density at radius 2 is 1.95 bits per heavy atom. The Hall–Kier alpha value is -1.36. The van der Waals surface area contributed by atoms with Crippen molar-refractivity contribution < 1.29 is 14.3 Å². The maximum Gasteiger partial charge on any atom is 0.326 e. The third-order valence-corrected chi connectivity index (χ3v) is 2.74. The molecule has 0 N–H and O–H groups in total. The van der Waals surface area contributed by atoms with Gasteiger partial charge in [-0.1, -0.05) is 6.08 Å². The summed E-state index contributed by atoms with van der Waals surface area (Å²) in [6, 6.07) is 0. The van der Waals surface area contributed by atoms with E-state index in [0.717, 1.165) is 19.6 Å². The second kappa shape index (κ2) is 6.70. The van der Waals surface area contributed by atoms with Crippen LogP contribution in [-0.4, -0.2) is 60.5 Å². The molecule has 0 bridgehead atoms. The van der Waals surface area contributed by atoms with Crippen LogP contribution in [0.3, 0.4) is 0 Å². The van der Waals surface area contributed by atoms with Crippen LogP contribution in [0.2, 0.25) is 0 Å². The van der Waals surface area contributed by atoms with E-state index in [2.05, 4.69) is 4.90 Å². The zero-order valence-corrected chi connectivity index (χ0v) is 12.3. The summed E-state index contributed by atoms with van der Waals surface area (Å²) in [5.74, 6) is -0.564. The molecule has 1 aliphatic rings. The third kappa shape index (κ3) is 6.38. The number of rotatable bonds is 5. The van der Waals surface area contributed by atoms with Gasteiger partial charge in [0.25, 0.3) is 0 Å². The Kier molecular flexibility index (Phi) is 5.54. The third-order valence-electron chi connectivity index (χ3n) is 2.74. The Morgan fingerprint density at radius 3 is 2.42 bits per heavy atom. The fourth-order valence-corrected chi connectivity index (χ4v) is 1.64. The van der Waals surface area contributed by atoms with Crippen molar-refractivity contribution in [1.29, 1.82) is 0 Å². The molecule has 1 amide bonds. The average molecular weight is 268 g/mol. The SMILES string of the molecule is CN(CC(=O)OC(C)(C)C)C(=O)/C=C/CN1CCC1. The summed E-state index contributed by atoms with van der Waals surface area (Å²) in [6.07, 6.45) is 4.59. The summed E-state index contributed by atoms with van der Waals surface area (Å²) < 4.78 is 5.16. The average Bonchev–Trinajstić information content (AvgIpc) is 2.18. The number of hydrogen-bond acceptors (Lipinski definition) is 4. The van der Waals surface area contributed by atoms with Gasteiger partial charge in [-0.2, -0.15) is 0 Å². The molecule has 0 radical (unpaired) electrons. The predicted octanol–water partition coefficient (Wildman–Crippen LogP) is 1.05. The highest BCUT2D eigenvalue weighted by atomic mass is 16.6. The molecule has 0 saturated carbocycles. The van der Waals surface area contributed by atoms with Crippen molar-refractivity contribution in [3.05, 3.63) is 12.2 Å². The van der Waals surface area contributed by atoms with Crippen LogP contribution in [0.15, 0.2) is 12.2 Å². The van der Waals surface area contributed by atoms with E-state index in [1.807, 2.05) is 6.08 Å². The lowest BCUT2D eigenvalue weighted by molar-refractivity contribution is -0.157. The van der Waals surface area contributed by atoms with Gasteiger partial charge in [-0.3, -0.25) is 14.5 Å². The molecule has 0 atom stereocenters. The Bertz CT molecular complexity index is 354. The van der Waals surface area contributed by atoms with Crippen LogP contribution in [0.4, 0.5) is 0 Å². The summed E-state index contributed by atoms with van der Waals surface area (Å²) >= 11 is 0. The zero-order chi connectivity index (χ0) is 14.5. The van der Waals surface area contributed by atoms with Crippen LogP contribution in [0.1, 0.15) is 27.2 Å². The predicted molar refractivity (Wildman–Crippen MR) is 73.7 cm³/mol. The first-order chi connectivity index (χ1) is 8.78. The van der Waals surface area contributed by atoms with Crippen LogP contribution in [0, 0.1) is 0 Å². The first-order valence-electron chi connectivity index (χ1n) is 6.64. The first-order valence-corrected chi connectivity index (χ1v) is 6.64. The van der Waals surface area contributed by atoms with E-state index in [1.54, 1.807) is 27.8 Å². The van der Waals surface area contributed by atoms with Crippen LogP contribution >= 0.6 is 0 Å². The number of nitrogens with zero attached hydrogens (tertiary/aromatic N) is 2. The van der Waals surface area contributed by atoms with E-state index in [-0.39, 0.29) is 18.4 Å². The van der Waals surface area contributed by atoms with Crippen LogP contribution in [0.5, 0.6) is 0 Å². The number of likely N-dealkylation sites (N-methyl/N-ethyl adjacent to an activating group) is 1. The fourth-order valence-electron chi connectivity index (χ4n) is 1.64. The molecule has 0 unspecified atom stereocenters. The molecule has 1 fully saturated rings. The summed E-state index contributed by atoms with van der Waals surface area (Å²) in [6.45, 7) is 8.40. The highest BCUT2D eigenvalue weighted by Crippen LogP contribution is 2.07. The molecule has 0 aromatic rings. The molecule has 1 rings (SSSR count). The second-order valence-corrected chi connectivity index (χ2v) is 5.84. The van der Waals surface area contributed by atoms with Crippen molar-refractivity contribution in [3.63, 3.8) is 0 Å². The lowest BCUT2D eigenvalue weighted by Gasteiger charge is -2.29. The molecular weight excluding hydrogens is 244 g/mol. The first kappa shape index (κ1) is 15.7. The topological polar surface area (TPSA) is 49.9 Å². The van der Waals surface area contributed by atoms with Gasteiger partial charge in [0.2, 0.25) is 5.91 Å². The van der Waals surface area contributed by atoms with Crippen molar-refractivity contribution in [1.82, 2.24) is 9.80 Å². The minimum atomic E-state index is -0.520. The Morgan fingerprint density at radius 1 is 1.32 bits per heavy atom. The summed E-state index contributed by atoms with van der Waals surface area (Å²) in [5.41, 5.74) is -0.520. The maximum absolute atomic E-state index is 11.7. The Balaban J connectivity index is 2.29. The molecule has 108 valence electrons. The number of amides is 1. The minimum Gasteiger partial charge on any atom is -0.459 e. The molecule has 19 heavy (non-hydrogen) atoms. The number of esters is 1. The number of carbonyl (C=O) groups is 2. The minimum absolute atomic E-state index is 0.0237.